The van der Waals surface area contributed by atoms with Gasteiger partial charge in [-0.2, -0.15) is 0 Å². The Morgan fingerprint density at radius 1 is 1.09 bits per heavy atom. The van der Waals surface area contributed by atoms with Gasteiger partial charge < -0.3 is 10.0 Å². The zero-order valence-electron chi connectivity index (χ0n) is 12.8. The lowest BCUT2D eigenvalue weighted by Crippen LogP contribution is -2.22. The number of nitrogens with zero attached hydrogens (tertiary/aromatic N) is 2. The SMILES string of the molecule is C=CCN(CC=C)c1ccc(O)c(-c2nc3ccccc3s2)c1. The number of rotatable bonds is 6. The van der Waals surface area contributed by atoms with Crippen molar-refractivity contribution < 1.29 is 5.11 Å². The van der Waals surface area contributed by atoms with Gasteiger partial charge in [-0.25, -0.2) is 4.98 Å². The van der Waals surface area contributed by atoms with E-state index in [9.17, 15) is 5.11 Å². The number of hydrogen-bond donors (Lipinski definition) is 1. The summed E-state index contributed by atoms with van der Waals surface area (Å²) in [5, 5.41) is 11.1. The van der Waals surface area contributed by atoms with Crippen molar-refractivity contribution in [3.63, 3.8) is 0 Å². The molecule has 0 radical (unpaired) electrons. The van der Waals surface area contributed by atoms with Crippen LogP contribution in [0.4, 0.5) is 5.69 Å². The van der Waals surface area contributed by atoms with Crippen molar-refractivity contribution in [1.29, 1.82) is 0 Å². The molecule has 0 amide bonds. The van der Waals surface area contributed by atoms with E-state index in [1.807, 2.05) is 48.6 Å². The van der Waals surface area contributed by atoms with Crippen molar-refractivity contribution in [2.24, 2.45) is 0 Å². The molecule has 4 heteroatoms. The number of benzene rings is 2. The highest BCUT2D eigenvalue weighted by molar-refractivity contribution is 7.21. The summed E-state index contributed by atoms with van der Waals surface area (Å²) >= 11 is 1.58. The van der Waals surface area contributed by atoms with Crippen molar-refractivity contribution in [2.45, 2.75) is 0 Å². The van der Waals surface area contributed by atoms with Crippen LogP contribution in [0.15, 0.2) is 67.8 Å². The first-order valence-corrected chi connectivity index (χ1v) is 8.20. The molecule has 2 aromatic carbocycles. The van der Waals surface area contributed by atoms with Crippen LogP contribution >= 0.6 is 11.3 Å². The smallest absolute Gasteiger partial charge is 0.128 e. The molecule has 0 fully saturated rings. The van der Waals surface area contributed by atoms with Gasteiger partial charge in [-0.3, -0.25) is 0 Å². The van der Waals surface area contributed by atoms with E-state index in [0.29, 0.717) is 0 Å². The predicted octanol–water partition coefficient (Wildman–Crippen LogP) is 4.85. The third-order valence-electron chi connectivity index (χ3n) is 3.57. The highest BCUT2D eigenvalue weighted by atomic mass is 32.1. The third kappa shape index (κ3) is 3.12. The lowest BCUT2D eigenvalue weighted by Gasteiger charge is -2.22. The standard InChI is InChI=1S/C19H18N2OS/c1-3-11-21(12-4-2)14-9-10-17(22)15(13-14)19-20-16-7-5-6-8-18(16)23-19/h3-10,13,22H,1-2,11-12H2. The quantitative estimate of drug-likeness (QED) is 0.659. The molecule has 1 N–H and O–H groups in total. The van der Waals surface area contributed by atoms with Crippen molar-refractivity contribution in [3.05, 3.63) is 67.8 Å². The van der Waals surface area contributed by atoms with Gasteiger partial charge in [0, 0.05) is 18.8 Å². The van der Waals surface area contributed by atoms with Crippen LogP contribution in [-0.2, 0) is 0 Å². The fourth-order valence-electron chi connectivity index (χ4n) is 2.48. The Balaban J connectivity index is 2.06. The number of phenolic OH excluding ortho intramolecular Hbond substituents is 1. The Bertz CT molecular complexity index is 810. The number of para-hydroxylation sites is 1. The molecule has 0 spiro atoms. The van der Waals surface area contributed by atoms with Gasteiger partial charge in [-0.15, -0.1) is 24.5 Å². The third-order valence-corrected chi connectivity index (χ3v) is 4.64. The van der Waals surface area contributed by atoms with E-state index < -0.39 is 0 Å². The van der Waals surface area contributed by atoms with Gasteiger partial charge in [0.15, 0.2) is 0 Å². The molecule has 0 unspecified atom stereocenters. The molecule has 1 heterocycles. The maximum atomic E-state index is 10.3. The van der Waals surface area contributed by atoms with Crippen LogP contribution in [-0.4, -0.2) is 23.2 Å². The van der Waals surface area contributed by atoms with E-state index in [-0.39, 0.29) is 5.75 Å². The first-order chi connectivity index (χ1) is 11.2. The van der Waals surface area contributed by atoms with Crippen LogP contribution in [0.2, 0.25) is 0 Å². The second-order valence-electron chi connectivity index (χ2n) is 5.17. The second-order valence-corrected chi connectivity index (χ2v) is 6.20. The Hall–Kier alpha value is -2.59. The topological polar surface area (TPSA) is 36.4 Å². The van der Waals surface area contributed by atoms with Gasteiger partial charge >= 0.3 is 0 Å². The van der Waals surface area contributed by atoms with E-state index in [1.165, 1.54) is 0 Å². The highest BCUT2D eigenvalue weighted by Crippen LogP contribution is 2.37. The van der Waals surface area contributed by atoms with Crippen molar-refractivity contribution in [3.8, 4) is 16.3 Å². The predicted molar refractivity (Wildman–Crippen MR) is 99.3 cm³/mol. The molecular formula is C19H18N2OS. The molecule has 0 saturated heterocycles. The molecule has 0 saturated carbocycles. The van der Waals surface area contributed by atoms with Crippen LogP contribution in [0.3, 0.4) is 0 Å². The number of thiazole rings is 1. The molecule has 23 heavy (non-hydrogen) atoms. The summed E-state index contributed by atoms with van der Waals surface area (Å²) in [6.07, 6.45) is 3.71. The minimum atomic E-state index is 0.241. The molecule has 0 bridgehead atoms. The van der Waals surface area contributed by atoms with Gasteiger partial charge in [0.05, 0.1) is 15.8 Å². The molecule has 0 aliphatic heterocycles. The highest BCUT2D eigenvalue weighted by Gasteiger charge is 2.13. The average Bonchev–Trinajstić information content (AvgIpc) is 2.99. The summed E-state index contributed by atoms with van der Waals surface area (Å²) in [7, 11) is 0. The maximum Gasteiger partial charge on any atom is 0.128 e. The van der Waals surface area contributed by atoms with E-state index in [1.54, 1.807) is 17.4 Å². The summed E-state index contributed by atoms with van der Waals surface area (Å²) in [6, 6.07) is 13.6. The zero-order chi connectivity index (χ0) is 16.2. The fourth-order valence-corrected chi connectivity index (χ4v) is 3.47. The lowest BCUT2D eigenvalue weighted by atomic mass is 10.1. The van der Waals surface area contributed by atoms with Crippen LogP contribution in [0, 0.1) is 0 Å². The van der Waals surface area contributed by atoms with Gasteiger partial charge in [0.2, 0.25) is 0 Å². The van der Waals surface area contributed by atoms with Crippen LogP contribution < -0.4 is 4.90 Å². The summed E-state index contributed by atoms with van der Waals surface area (Å²) in [5.74, 6) is 0.241. The first kappa shape index (κ1) is 15.3. The summed E-state index contributed by atoms with van der Waals surface area (Å²) in [6.45, 7) is 9.04. The fraction of sp³-hybridized carbons (Fsp3) is 0.105. The van der Waals surface area contributed by atoms with Gasteiger partial charge in [0.25, 0.3) is 0 Å². The summed E-state index contributed by atoms with van der Waals surface area (Å²) in [5.41, 5.74) is 2.71. The minimum Gasteiger partial charge on any atom is -0.507 e. The van der Waals surface area contributed by atoms with Crippen molar-refractivity contribution in [2.75, 3.05) is 18.0 Å². The number of fused-ring (bicyclic) bond motifs is 1. The number of aromatic hydroxyl groups is 1. The Kier molecular flexibility index (Phi) is 4.44. The van der Waals surface area contributed by atoms with Crippen molar-refractivity contribution in [1.82, 2.24) is 4.98 Å². The van der Waals surface area contributed by atoms with Gasteiger partial charge in [0.1, 0.15) is 10.8 Å². The molecular weight excluding hydrogens is 304 g/mol. The normalized spacial score (nSPS) is 10.6. The van der Waals surface area contributed by atoms with Crippen LogP contribution in [0.25, 0.3) is 20.8 Å². The molecule has 3 rings (SSSR count). The Morgan fingerprint density at radius 2 is 1.83 bits per heavy atom. The number of hydrogen-bond acceptors (Lipinski definition) is 4. The van der Waals surface area contributed by atoms with E-state index in [4.69, 9.17) is 0 Å². The Morgan fingerprint density at radius 3 is 2.52 bits per heavy atom. The molecule has 3 nitrogen and oxygen atoms in total. The van der Waals surface area contributed by atoms with Gasteiger partial charge in [-0.05, 0) is 30.3 Å². The monoisotopic (exact) mass is 322 g/mol. The van der Waals surface area contributed by atoms with E-state index >= 15 is 0 Å². The lowest BCUT2D eigenvalue weighted by molar-refractivity contribution is 0.477. The number of aromatic nitrogens is 1. The molecule has 116 valence electrons. The second kappa shape index (κ2) is 6.67. The van der Waals surface area contributed by atoms with E-state index in [2.05, 4.69) is 23.0 Å². The molecule has 0 aliphatic carbocycles. The van der Waals surface area contributed by atoms with Crippen LogP contribution in [0.5, 0.6) is 5.75 Å². The molecule has 0 aliphatic rings. The average molecular weight is 322 g/mol. The zero-order valence-corrected chi connectivity index (χ0v) is 13.6. The summed E-state index contributed by atoms with van der Waals surface area (Å²) < 4.78 is 1.11. The molecule has 1 aromatic heterocycles. The molecule has 3 aromatic rings. The first-order valence-electron chi connectivity index (χ1n) is 7.38. The largest absolute Gasteiger partial charge is 0.507 e. The Labute approximate surface area is 139 Å². The number of phenols is 1. The summed E-state index contributed by atoms with van der Waals surface area (Å²) in [4.78, 5) is 6.77. The maximum absolute atomic E-state index is 10.3. The number of anilines is 1. The molecule has 0 atom stereocenters. The van der Waals surface area contributed by atoms with Crippen LogP contribution in [0.1, 0.15) is 0 Å². The van der Waals surface area contributed by atoms with E-state index in [0.717, 1.165) is 39.6 Å². The van der Waals surface area contributed by atoms with Crippen molar-refractivity contribution >= 4 is 27.2 Å². The minimum absolute atomic E-state index is 0.241. The van der Waals surface area contributed by atoms with Gasteiger partial charge in [-0.1, -0.05) is 24.3 Å².